The van der Waals surface area contributed by atoms with E-state index in [0.29, 0.717) is 5.84 Å². The molecule has 6 heteroatoms. The first-order valence-corrected chi connectivity index (χ1v) is 6.21. The van der Waals surface area contributed by atoms with Crippen LogP contribution in [0, 0.1) is 0 Å². The van der Waals surface area contributed by atoms with Crippen LogP contribution in [0.25, 0.3) is 0 Å². The fraction of sp³-hybridized carbons (Fsp3) is 0.818. The maximum absolute atomic E-state index is 5.43. The number of hydrogen-bond donors (Lipinski definition) is 1. The average Bonchev–Trinajstić information content (AvgIpc) is 2.36. The van der Waals surface area contributed by atoms with E-state index in [2.05, 4.69) is 14.9 Å². The van der Waals surface area contributed by atoms with Gasteiger partial charge in [-0.05, 0) is 13.3 Å². The summed E-state index contributed by atoms with van der Waals surface area (Å²) in [5, 5.41) is 0. The van der Waals surface area contributed by atoms with Gasteiger partial charge in [-0.1, -0.05) is 11.6 Å². The van der Waals surface area contributed by atoms with Crippen LogP contribution in [-0.4, -0.2) is 62.8 Å². The van der Waals surface area contributed by atoms with Gasteiger partial charge in [0.25, 0.3) is 0 Å². The SMILES string of the molecule is CC(N)=NCCCN1CCOCC1.CN=CCl. The van der Waals surface area contributed by atoms with Gasteiger partial charge in [-0.2, -0.15) is 0 Å². The van der Waals surface area contributed by atoms with Crippen LogP contribution in [0.5, 0.6) is 0 Å². The van der Waals surface area contributed by atoms with Crippen LogP contribution in [0.3, 0.4) is 0 Å². The highest BCUT2D eigenvalue weighted by molar-refractivity contribution is 6.56. The normalized spacial score (nSPS) is 17.9. The molecule has 1 saturated heterocycles. The van der Waals surface area contributed by atoms with Crippen LogP contribution in [0.2, 0.25) is 0 Å². The second-order valence-electron chi connectivity index (χ2n) is 3.69. The zero-order valence-electron chi connectivity index (χ0n) is 10.7. The van der Waals surface area contributed by atoms with Gasteiger partial charge < -0.3 is 10.5 Å². The molecule has 1 fully saturated rings. The molecule has 2 N–H and O–H groups in total. The molecule has 1 rings (SSSR count). The van der Waals surface area contributed by atoms with E-state index in [4.69, 9.17) is 22.1 Å². The molecule has 0 aromatic carbocycles. The van der Waals surface area contributed by atoms with Gasteiger partial charge in [-0.25, -0.2) is 0 Å². The highest BCUT2D eigenvalue weighted by Gasteiger charge is 2.08. The summed E-state index contributed by atoms with van der Waals surface area (Å²) >= 11 is 4.89. The Morgan fingerprint density at radius 2 is 2.06 bits per heavy atom. The maximum Gasteiger partial charge on any atom is 0.0905 e. The molecule has 0 amide bonds. The number of ether oxygens (including phenoxy) is 1. The van der Waals surface area contributed by atoms with Crippen molar-refractivity contribution in [3.63, 3.8) is 0 Å². The number of amidine groups is 1. The van der Waals surface area contributed by atoms with Crippen molar-refractivity contribution < 1.29 is 4.74 Å². The van der Waals surface area contributed by atoms with Crippen LogP contribution in [-0.2, 0) is 4.74 Å². The van der Waals surface area contributed by atoms with Gasteiger partial charge in [-0.15, -0.1) is 0 Å². The predicted molar refractivity (Wildman–Crippen MR) is 74.3 cm³/mol. The Bertz CT molecular complexity index is 220. The number of aliphatic imine (C=N–C) groups is 2. The van der Waals surface area contributed by atoms with Gasteiger partial charge in [0.05, 0.1) is 24.7 Å². The van der Waals surface area contributed by atoms with Crippen molar-refractivity contribution in [3.05, 3.63) is 0 Å². The van der Waals surface area contributed by atoms with Crippen molar-refractivity contribution in [2.75, 3.05) is 46.4 Å². The monoisotopic (exact) mass is 262 g/mol. The second kappa shape index (κ2) is 11.8. The molecule has 0 unspecified atom stereocenters. The molecule has 100 valence electrons. The summed E-state index contributed by atoms with van der Waals surface area (Å²) < 4.78 is 5.26. The van der Waals surface area contributed by atoms with Crippen molar-refractivity contribution in [1.29, 1.82) is 0 Å². The summed E-state index contributed by atoms with van der Waals surface area (Å²) in [5.74, 6) is 0.682. The van der Waals surface area contributed by atoms with E-state index in [1.165, 1.54) is 5.67 Å². The number of nitrogens with zero attached hydrogens (tertiary/aromatic N) is 3. The van der Waals surface area contributed by atoms with Gasteiger partial charge in [-0.3, -0.25) is 14.9 Å². The summed E-state index contributed by atoms with van der Waals surface area (Å²) in [7, 11) is 1.62. The first-order valence-electron chi connectivity index (χ1n) is 5.78. The van der Waals surface area contributed by atoms with Crippen LogP contribution >= 0.6 is 11.6 Å². The molecule has 1 aliphatic rings. The summed E-state index contributed by atoms with van der Waals surface area (Å²) in [6, 6.07) is 0. The van der Waals surface area contributed by atoms with E-state index in [-0.39, 0.29) is 0 Å². The Labute approximate surface area is 109 Å². The molecule has 0 aliphatic carbocycles. The fourth-order valence-corrected chi connectivity index (χ4v) is 1.37. The minimum atomic E-state index is 0.682. The number of morpholine rings is 1. The van der Waals surface area contributed by atoms with Gasteiger partial charge in [0.1, 0.15) is 0 Å². The van der Waals surface area contributed by atoms with Crippen LogP contribution < -0.4 is 5.73 Å². The first-order chi connectivity index (χ1) is 8.20. The Morgan fingerprint density at radius 1 is 1.47 bits per heavy atom. The third-order valence-corrected chi connectivity index (χ3v) is 2.39. The van der Waals surface area contributed by atoms with E-state index in [1.807, 2.05) is 6.92 Å². The number of nitrogens with two attached hydrogens (primary N) is 1. The van der Waals surface area contributed by atoms with E-state index >= 15 is 0 Å². The third kappa shape index (κ3) is 11.6. The molecule has 1 aliphatic heterocycles. The highest BCUT2D eigenvalue weighted by Crippen LogP contribution is 1.97. The Kier molecular flexibility index (Phi) is 11.4. The smallest absolute Gasteiger partial charge is 0.0905 e. The van der Waals surface area contributed by atoms with Crippen LogP contribution in [0.4, 0.5) is 0 Å². The molecule has 0 aromatic heterocycles. The topological polar surface area (TPSA) is 63.2 Å². The predicted octanol–water partition coefficient (Wildman–Crippen LogP) is 0.969. The van der Waals surface area contributed by atoms with E-state index < -0.39 is 0 Å². The second-order valence-corrected chi connectivity index (χ2v) is 3.88. The van der Waals surface area contributed by atoms with Crippen molar-refractivity contribution in [2.45, 2.75) is 13.3 Å². The molecule has 0 bridgehead atoms. The molecule has 0 aromatic rings. The van der Waals surface area contributed by atoms with E-state index in [0.717, 1.165) is 45.8 Å². The zero-order chi connectivity index (χ0) is 12.9. The Morgan fingerprint density at radius 3 is 2.53 bits per heavy atom. The van der Waals surface area contributed by atoms with E-state index in [9.17, 15) is 0 Å². The Hall–Kier alpha value is -0.650. The molecule has 0 saturated carbocycles. The molecule has 0 spiro atoms. The minimum absolute atomic E-state index is 0.682. The van der Waals surface area contributed by atoms with Gasteiger partial charge in [0, 0.05) is 33.2 Å². The van der Waals surface area contributed by atoms with Crippen molar-refractivity contribution in [2.24, 2.45) is 15.7 Å². The molecule has 5 nitrogen and oxygen atoms in total. The van der Waals surface area contributed by atoms with Gasteiger partial charge in [0.15, 0.2) is 0 Å². The summed E-state index contributed by atoms with van der Waals surface area (Å²) in [4.78, 5) is 9.93. The quantitative estimate of drug-likeness (QED) is 0.467. The molecule has 17 heavy (non-hydrogen) atoms. The van der Waals surface area contributed by atoms with Crippen molar-refractivity contribution >= 4 is 23.1 Å². The van der Waals surface area contributed by atoms with Crippen LogP contribution in [0.15, 0.2) is 9.98 Å². The fourth-order valence-electron chi connectivity index (χ4n) is 1.37. The Balaban J connectivity index is 0.000000557. The van der Waals surface area contributed by atoms with Gasteiger partial charge >= 0.3 is 0 Å². The molecule has 0 radical (unpaired) electrons. The third-order valence-electron chi connectivity index (χ3n) is 2.19. The summed E-state index contributed by atoms with van der Waals surface area (Å²) in [6.45, 7) is 7.66. The number of hydrogen-bond acceptors (Lipinski definition) is 4. The lowest BCUT2D eigenvalue weighted by atomic mass is 10.3. The van der Waals surface area contributed by atoms with Crippen molar-refractivity contribution in [3.8, 4) is 0 Å². The molecule has 0 atom stereocenters. The lowest BCUT2D eigenvalue weighted by molar-refractivity contribution is 0.0377. The lowest BCUT2D eigenvalue weighted by Crippen LogP contribution is -2.37. The maximum atomic E-state index is 5.43. The first kappa shape index (κ1) is 16.4. The van der Waals surface area contributed by atoms with E-state index in [1.54, 1.807) is 7.05 Å². The highest BCUT2D eigenvalue weighted by atomic mass is 35.5. The standard InChI is InChI=1S/C9H19N3O.C2H4ClN/c1-9(10)11-3-2-4-12-5-7-13-8-6-12;1-4-2-3/h2-8H2,1H3,(H2,10,11);2H,1H3. The molecular weight excluding hydrogens is 240 g/mol. The average molecular weight is 263 g/mol. The largest absolute Gasteiger partial charge is 0.388 e. The number of rotatable bonds is 4. The van der Waals surface area contributed by atoms with Crippen molar-refractivity contribution in [1.82, 2.24) is 4.90 Å². The summed E-state index contributed by atoms with van der Waals surface area (Å²) in [5.41, 5.74) is 6.65. The number of halogens is 1. The van der Waals surface area contributed by atoms with Gasteiger partial charge in [0.2, 0.25) is 0 Å². The molecule has 1 heterocycles. The zero-order valence-corrected chi connectivity index (χ0v) is 11.5. The minimum Gasteiger partial charge on any atom is -0.388 e. The molecular formula is C11H23ClN4O. The summed E-state index contributed by atoms with van der Waals surface area (Å²) in [6.07, 6.45) is 1.09. The lowest BCUT2D eigenvalue weighted by Gasteiger charge is -2.26. The van der Waals surface area contributed by atoms with Crippen LogP contribution in [0.1, 0.15) is 13.3 Å².